The number of carbonyl (C=O) groups excluding carboxylic acids is 1. The number of hydrogen-bond donors (Lipinski definition) is 2. The Labute approximate surface area is 147 Å². The van der Waals surface area contributed by atoms with Gasteiger partial charge in [0.05, 0.1) is 0 Å². The van der Waals surface area contributed by atoms with Crippen LogP contribution in [0.15, 0.2) is 54.6 Å². The first-order valence-corrected chi connectivity index (χ1v) is 8.50. The van der Waals surface area contributed by atoms with Crippen molar-refractivity contribution in [3.05, 3.63) is 65.2 Å². The van der Waals surface area contributed by atoms with E-state index in [2.05, 4.69) is 10.2 Å². The molecular formula is C19H22ClN3O. The summed E-state index contributed by atoms with van der Waals surface area (Å²) in [5.74, 6) is -0.147. The Kier molecular flexibility index (Phi) is 4.78. The number of nitrogens with one attached hydrogen (secondary N) is 1. The molecule has 0 saturated carbocycles. The Morgan fingerprint density at radius 3 is 2.71 bits per heavy atom. The quantitative estimate of drug-likeness (QED) is 0.897. The van der Waals surface area contributed by atoms with Gasteiger partial charge in [0, 0.05) is 29.8 Å². The van der Waals surface area contributed by atoms with E-state index in [9.17, 15) is 4.79 Å². The van der Waals surface area contributed by atoms with Crippen molar-refractivity contribution < 1.29 is 4.79 Å². The number of rotatable bonds is 4. The van der Waals surface area contributed by atoms with E-state index in [1.807, 2.05) is 54.6 Å². The molecule has 5 heteroatoms. The van der Waals surface area contributed by atoms with E-state index in [1.54, 1.807) is 6.92 Å². The van der Waals surface area contributed by atoms with Crippen molar-refractivity contribution >= 4 is 23.2 Å². The smallest absolute Gasteiger partial charge is 0.244 e. The van der Waals surface area contributed by atoms with Crippen molar-refractivity contribution in [3.63, 3.8) is 0 Å². The molecule has 1 fully saturated rings. The normalized spacial score (nSPS) is 19.8. The SMILES string of the molecule is CC(N)(C(=O)NC1CCN(c2cccc(Cl)c2)C1)c1ccccc1. The summed E-state index contributed by atoms with van der Waals surface area (Å²) in [7, 11) is 0. The lowest BCUT2D eigenvalue weighted by atomic mass is 9.92. The third-order valence-electron chi connectivity index (χ3n) is 4.54. The molecule has 1 saturated heterocycles. The molecule has 3 rings (SSSR count). The molecule has 2 aromatic carbocycles. The Bertz CT molecular complexity index is 718. The topological polar surface area (TPSA) is 58.4 Å². The molecule has 24 heavy (non-hydrogen) atoms. The van der Waals surface area contributed by atoms with Gasteiger partial charge in [-0.25, -0.2) is 0 Å². The van der Waals surface area contributed by atoms with Crippen molar-refractivity contribution in [1.29, 1.82) is 0 Å². The van der Waals surface area contributed by atoms with E-state index in [0.29, 0.717) is 0 Å². The minimum atomic E-state index is -1.04. The zero-order valence-corrected chi connectivity index (χ0v) is 14.5. The molecule has 0 spiro atoms. The largest absolute Gasteiger partial charge is 0.369 e. The first-order chi connectivity index (χ1) is 11.5. The maximum absolute atomic E-state index is 12.6. The number of carbonyl (C=O) groups is 1. The van der Waals surface area contributed by atoms with Crippen LogP contribution in [0, 0.1) is 0 Å². The predicted octanol–water partition coefficient (Wildman–Crippen LogP) is 2.91. The van der Waals surface area contributed by atoms with Gasteiger partial charge in [-0.3, -0.25) is 4.79 Å². The van der Waals surface area contributed by atoms with Crippen molar-refractivity contribution in [2.24, 2.45) is 5.73 Å². The molecule has 0 aromatic heterocycles. The molecule has 2 atom stereocenters. The van der Waals surface area contributed by atoms with E-state index >= 15 is 0 Å². The monoisotopic (exact) mass is 343 g/mol. The summed E-state index contributed by atoms with van der Waals surface area (Å²) in [6, 6.07) is 17.3. The van der Waals surface area contributed by atoms with Crippen LogP contribution in [0.3, 0.4) is 0 Å². The van der Waals surface area contributed by atoms with Crippen molar-refractivity contribution in [3.8, 4) is 0 Å². The molecule has 4 nitrogen and oxygen atoms in total. The van der Waals surface area contributed by atoms with Crippen LogP contribution in [0.4, 0.5) is 5.69 Å². The first-order valence-electron chi connectivity index (χ1n) is 8.13. The fourth-order valence-electron chi connectivity index (χ4n) is 3.04. The molecular weight excluding hydrogens is 322 g/mol. The molecule has 1 aliphatic heterocycles. The van der Waals surface area contributed by atoms with Gasteiger partial charge in [0.15, 0.2) is 0 Å². The van der Waals surface area contributed by atoms with Gasteiger partial charge in [-0.1, -0.05) is 48.0 Å². The van der Waals surface area contributed by atoms with E-state index < -0.39 is 5.54 Å². The fourth-order valence-corrected chi connectivity index (χ4v) is 3.22. The second kappa shape index (κ2) is 6.83. The second-order valence-corrected chi connectivity index (χ2v) is 6.89. The summed E-state index contributed by atoms with van der Waals surface area (Å²) < 4.78 is 0. The molecule has 3 N–H and O–H groups in total. The van der Waals surface area contributed by atoms with Gasteiger partial charge < -0.3 is 16.0 Å². The van der Waals surface area contributed by atoms with Crippen LogP contribution in [0.2, 0.25) is 5.02 Å². The summed E-state index contributed by atoms with van der Waals surface area (Å²) >= 11 is 6.06. The Morgan fingerprint density at radius 2 is 2.00 bits per heavy atom. The van der Waals surface area contributed by atoms with Gasteiger partial charge >= 0.3 is 0 Å². The van der Waals surface area contributed by atoms with Crippen LogP contribution in [0.25, 0.3) is 0 Å². The molecule has 1 amide bonds. The highest BCUT2D eigenvalue weighted by Gasteiger charge is 2.33. The van der Waals surface area contributed by atoms with Crippen LogP contribution >= 0.6 is 11.6 Å². The minimum Gasteiger partial charge on any atom is -0.369 e. The number of halogens is 1. The molecule has 0 bridgehead atoms. The van der Waals surface area contributed by atoms with E-state index in [4.69, 9.17) is 17.3 Å². The molecule has 2 unspecified atom stereocenters. The van der Waals surface area contributed by atoms with Gasteiger partial charge in [-0.15, -0.1) is 0 Å². The van der Waals surface area contributed by atoms with Crippen LogP contribution < -0.4 is 16.0 Å². The number of benzene rings is 2. The number of hydrogen-bond acceptors (Lipinski definition) is 3. The van der Waals surface area contributed by atoms with E-state index in [1.165, 1.54) is 0 Å². The van der Waals surface area contributed by atoms with Crippen LogP contribution in [-0.2, 0) is 10.3 Å². The van der Waals surface area contributed by atoms with Crippen LogP contribution in [0.5, 0.6) is 0 Å². The molecule has 0 radical (unpaired) electrons. The Morgan fingerprint density at radius 1 is 1.25 bits per heavy atom. The molecule has 1 aliphatic rings. The number of nitrogens with zero attached hydrogens (tertiary/aromatic N) is 1. The summed E-state index contributed by atoms with van der Waals surface area (Å²) in [5, 5.41) is 3.81. The standard InChI is InChI=1S/C19H22ClN3O/c1-19(21,14-6-3-2-4-7-14)18(24)22-16-10-11-23(13-16)17-9-5-8-15(20)12-17/h2-9,12,16H,10-11,13,21H2,1H3,(H,22,24). The maximum atomic E-state index is 12.6. The van der Waals surface area contributed by atoms with E-state index in [-0.39, 0.29) is 11.9 Å². The van der Waals surface area contributed by atoms with Crippen molar-refractivity contribution in [2.75, 3.05) is 18.0 Å². The Hall–Kier alpha value is -2.04. The zero-order valence-electron chi connectivity index (χ0n) is 13.7. The highest BCUT2D eigenvalue weighted by molar-refractivity contribution is 6.30. The minimum absolute atomic E-state index is 0.0862. The Balaban J connectivity index is 1.64. The van der Waals surface area contributed by atoms with Gasteiger partial charge in [0.25, 0.3) is 0 Å². The summed E-state index contributed by atoms with van der Waals surface area (Å²) in [6.07, 6.45) is 0.892. The zero-order chi connectivity index (χ0) is 17.2. The molecule has 126 valence electrons. The summed E-state index contributed by atoms with van der Waals surface area (Å²) in [5.41, 5.74) is 7.14. The van der Waals surface area contributed by atoms with Gasteiger partial charge in [-0.2, -0.15) is 0 Å². The highest BCUT2D eigenvalue weighted by Crippen LogP contribution is 2.24. The van der Waals surface area contributed by atoms with Gasteiger partial charge in [-0.05, 0) is 37.1 Å². The molecule has 1 heterocycles. The number of nitrogens with two attached hydrogens (primary N) is 1. The predicted molar refractivity (Wildman–Crippen MR) is 98.2 cm³/mol. The number of anilines is 1. The average molecular weight is 344 g/mol. The summed E-state index contributed by atoms with van der Waals surface area (Å²) in [6.45, 7) is 3.40. The van der Waals surface area contributed by atoms with Crippen LogP contribution in [0.1, 0.15) is 18.9 Å². The van der Waals surface area contributed by atoms with Crippen molar-refractivity contribution in [2.45, 2.75) is 24.9 Å². The molecule has 2 aromatic rings. The van der Waals surface area contributed by atoms with Crippen molar-refractivity contribution in [1.82, 2.24) is 5.32 Å². The van der Waals surface area contributed by atoms with Gasteiger partial charge in [0.1, 0.15) is 5.54 Å². The van der Waals surface area contributed by atoms with Gasteiger partial charge in [0.2, 0.25) is 5.91 Å². The molecule has 0 aliphatic carbocycles. The summed E-state index contributed by atoms with van der Waals surface area (Å²) in [4.78, 5) is 14.9. The van der Waals surface area contributed by atoms with E-state index in [0.717, 1.165) is 35.8 Å². The third-order valence-corrected chi connectivity index (χ3v) is 4.78. The lowest BCUT2D eigenvalue weighted by Crippen LogP contribution is -2.52. The highest BCUT2D eigenvalue weighted by atomic mass is 35.5. The first kappa shape index (κ1) is 16.8. The lowest BCUT2D eigenvalue weighted by molar-refractivity contribution is -0.126. The third kappa shape index (κ3) is 3.55. The number of amides is 1. The average Bonchev–Trinajstić information content (AvgIpc) is 3.04. The maximum Gasteiger partial charge on any atom is 0.244 e. The second-order valence-electron chi connectivity index (χ2n) is 6.45. The fraction of sp³-hybridized carbons (Fsp3) is 0.316. The van der Waals surface area contributed by atoms with Crippen LogP contribution in [-0.4, -0.2) is 25.0 Å². The lowest BCUT2D eigenvalue weighted by Gasteiger charge is -2.26.